The van der Waals surface area contributed by atoms with Crippen LogP contribution in [0.2, 0.25) is 0 Å². The van der Waals surface area contributed by atoms with Crippen LogP contribution in [0.3, 0.4) is 0 Å². The molecule has 0 amide bonds. The first-order valence-electron chi connectivity index (χ1n) is 2.65. The first-order chi connectivity index (χ1) is 6.46. The van der Waals surface area contributed by atoms with Gasteiger partial charge in [-0.05, 0) is 10.8 Å². The second kappa shape index (κ2) is 4.94. The Bertz CT molecular complexity index is 204. The van der Waals surface area contributed by atoms with E-state index in [1.807, 2.05) is 0 Å². The molecule has 0 rings (SSSR count). The second-order valence-corrected chi connectivity index (χ2v) is 4.29. The van der Waals surface area contributed by atoms with Gasteiger partial charge in [0.25, 0.3) is 0 Å². The third-order valence-electron chi connectivity index (χ3n) is 0.636. The molecular formula is C2H3F6NO4S2. The third-order valence-corrected chi connectivity index (χ3v) is 2.62. The van der Waals surface area contributed by atoms with Crippen LogP contribution >= 0.6 is 23.0 Å². The van der Waals surface area contributed by atoms with E-state index in [1.165, 1.54) is 0 Å². The van der Waals surface area contributed by atoms with Crippen molar-refractivity contribution in [3.8, 4) is 0 Å². The average molecular weight is 283 g/mol. The summed E-state index contributed by atoms with van der Waals surface area (Å²) >= 11 is -0.761. The minimum Gasteiger partial charge on any atom is -0.278 e. The molecular weight excluding hydrogens is 280 g/mol. The molecule has 0 aliphatic rings. The quantitative estimate of drug-likeness (QED) is 0.184. The summed E-state index contributed by atoms with van der Waals surface area (Å²) in [5.41, 5.74) is -5.43. The summed E-state index contributed by atoms with van der Waals surface area (Å²) in [5, 5.41) is 0. The highest BCUT2D eigenvalue weighted by Gasteiger charge is 2.46. The third kappa shape index (κ3) is 6.29. The number of halogens is 6. The van der Waals surface area contributed by atoms with Crippen LogP contribution in [0, 0.1) is 0 Å². The Morgan fingerprint density at radius 3 is 1.87 bits per heavy atom. The Kier molecular flexibility index (Phi) is 4.97. The van der Waals surface area contributed by atoms with Gasteiger partial charge in [0.05, 0.1) is 0 Å². The highest BCUT2D eigenvalue weighted by molar-refractivity contribution is 8.29. The number of nitrogens with one attached hydrogen (secondary N) is 1. The molecule has 15 heavy (non-hydrogen) atoms. The predicted octanol–water partition coefficient (Wildman–Crippen LogP) is 2.79. The Hall–Kier alpha value is 0.0800. The summed E-state index contributed by atoms with van der Waals surface area (Å²) in [6.45, 7) is 0. The van der Waals surface area contributed by atoms with E-state index in [1.54, 1.807) is 0 Å². The minimum atomic E-state index is -5.43. The lowest BCUT2D eigenvalue weighted by Crippen LogP contribution is -2.28. The van der Waals surface area contributed by atoms with Crippen molar-refractivity contribution >= 4 is 23.0 Å². The van der Waals surface area contributed by atoms with Gasteiger partial charge < -0.3 is 0 Å². The summed E-state index contributed by atoms with van der Waals surface area (Å²) in [4.78, 5) is 2.56. The topological polar surface area (TPSA) is 71.0 Å². The van der Waals surface area contributed by atoms with Crippen molar-refractivity contribution in [1.82, 2.24) is 4.13 Å². The molecule has 0 saturated carbocycles. The Balaban J connectivity index is 3.87. The second-order valence-electron chi connectivity index (χ2n) is 1.76. The highest BCUT2D eigenvalue weighted by Crippen LogP contribution is 2.53. The monoisotopic (exact) mass is 283 g/mol. The molecule has 13 heteroatoms. The van der Waals surface area contributed by atoms with Crippen LogP contribution in [0.25, 0.3) is 0 Å². The molecule has 0 radical (unpaired) electrons. The summed E-state index contributed by atoms with van der Waals surface area (Å²) in [7, 11) is -5.27. The Labute approximate surface area is 84.5 Å². The van der Waals surface area contributed by atoms with Crippen LogP contribution in [-0.2, 0) is 9.22 Å². The van der Waals surface area contributed by atoms with Crippen molar-refractivity contribution in [3.05, 3.63) is 0 Å². The zero-order valence-electron chi connectivity index (χ0n) is 6.30. The smallest absolute Gasteiger partial charge is 0.278 e. The van der Waals surface area contributed by atoms with Crippen molar-refractivity contribution in [2.24, 2.45) is 0 Å². The van der Waals surface area contributed by atoms with E-state index < -0.39 is 34.9 Å². The first-order valence-corrected chi connectivity index (χ1v) is 4.94. The molecule has 94 valence electrons. The maximum absolute atomic E-state index is 11.6. The van der Waals surface area contributed by atoms with Gasteiger partial charge in [0.15, 0.2) is 0 Å². The van der Waals surface area contributed by atoms with Crippen molar-refractivity contribution in [2.75, 3.05) is 0 Å². The largest absolute Gasteiger partial charge is 0.550 e. The minimum absolute atomic E-state index is 0.761. The van der Waals surface area contributed by atoms with Crippen molar-refractivity contribution in [2.45, 2.75) is 11.9 Å². The number of hydrogen-bond donors (Lipinski definition) is 3. The maximum Gasteiger partial charge on any atom is 0.550 e. The first kappa shape index (κ1) is 15.1. The fraction of sp³-hybridized carbons (Fsp3) is 1.00. The fourth-order valence-corrected chi connectivity index (χ4v) is 1.14. The molecule has 5 nitrogen and oxygen atoms in total. The lowest BCUT2D eigenvalue weighted by molar-refractivity contribution is -0.440. The fourth-order valence-electron chi connectivity index (χ4n) is 0.164. The number of alkyl halides is 6. The van der Waals surface area contributed by atoms with Gasteiger partial charge >= 0.3 is 11.9 Å². The molecule has 0 bridgehead atoms. The standard InChI is InChI=1S/C2H3F6NO4S2/c3-1(4,5)12-13-14-9-15(10,11)2(6,7)8/h9-11H. The summed E-state index contributed by atoms with van der Waals surface area (Å²) in [5.74, 6) is 0. The van der Waals surface area contributed by atoms with Crippen LogP contribution < -0.4 is 4.13 Å². The summed E-state index contributed by atoms with van der Waals surface area (Å²) < 4.78 is 88.9. The van der Waals surface area contributed by atoms with Crippen LogP contribution in [0.5, 0.6) is 0 Å². The van der Waals surface area contributed by atoms with Crippen molar-refractivity contribution in [3.63, 3.8) is 0 Å². The van der Waals surface area contributed by atoms with Gasteiger partial charge in [0.1, 0.15) is 12.2 Å². The molecule has 0 heterocycles. The lowest BCUT2D eigenvalue weighted by atomic mass is 11.4. The highest BCUT2D eigenvalue weighted by atomic mass is 32.3. The van der Waals surface area contributed by atoms with E-state index in [4.69, 9.17) is 9.11 Å². The van der Waals surface area contributed by atoms with E-state index >= 15 is 0 Å². The van der Waals surface area contributed by atoms with Gasteiger partial charge in [-0.2, -0.15) is 13.2 Å². The number of rotatable bonds is 4. The zero-order chi connectivity index (χ0) is 12.3. The number of hydrogen-bond acceptors (Lipinski definition) is 6. The summed E-state index contributed by atoms with van der Waals surface area (Å²) in [6.07, 6.45) is -5.21. The predicted molar refractivity (Wildman–Crippen MR) is 37.9 cm³/mol. The van der Waals surface area contributed by atoms with E-state index in [0.717, 1.165) is 4.13 Å². The molecule has 0 aromatic heterocycles. The lowest BCUT2D eigenvalue weighted by Gasteiger charge is -2.32. The van der Waals surface area contributed by atoms with Crippen molar-refractivity contribution in [1.29, 1.82) is 0 Å². The van der Waals surface area contributed by atoms with Gasteiger partial charge in [0, 0.05) is 0 Å². The Morgan fingerprint density at radius 2 is 1.53 bits per heavy atom. The van der Waals surface area contributed by atoms with Gasteiger partial charge in [-0.1, -0.05) is 0 Å². The van der Waals surface area contributed by atoms with E-state index in [0.29, 0.717) is 0 Å². The van der Waals surface area contributed by atoms with E-state index in [-0.39, 0.29) is 0 Å². The van der Waals surface area contributed by atoms with E-state index in [2.05, 4.69) is 9.22 Å². The van der Waals surface area contributed by atoms with Crippen LogP contribution in [0.4, 0.5) is 26.3 Å². The molecule has 0 aromatic carbocycles. The average Bonchev–Trinajstić information content (AvgIpc) is 1.94. The molecule has 0 aliphatic heterocycles. The summed E-state index contributed by atoms with van der Waals surface area (Å²) in [6, 6.07) is 0. The van der Waals surface area contributed by atoms with Gasteiger partial charge in [-0.15, -0.1) is 26.5 Å². The molecule has 0 aliphatic carbocycles. The molecule has 0 atom stereocenters. The SMILES string of the molecule is OS(O)(NSOOC(F)(F)F)C(F)(F)F. The van der Waals surface area contributed by atoms with Gasteiger partial charge in [-0.3, -0.25) is 9.11 Å². The maximum atomic E-state index is 11.6. The van der Waals surface area contributed by atoms with Gasteiger partial charge in [0.2, 0.25) is 0 Å². The van der Waals surface area contributed by atoms with Crippen LogP contribution in [0.15, 0.2) is 0 Å². The Morgan fingerprint density at radius 1 is 1.07 bits per heavy atom. The zero-order valence-corrected chi connectivity index (χ0v) is 7.93. The van der Waals surface area contributed by atoms with E-state index in [9.17, 15) is 26.3 Å². The normalized spacial score (nSPS) is 15.5. The molecule has 3 N–H and O–H groups in total. The molecule has 0 aromatic rings. The molecule has 0 spiro atoms. The molecule has 0 fully saturated rings. The van der Waals surface area contributed by atoms with Crippen molar-refractivity contribution < 1.29 is 44.7 Å². The van der Waals surface area contributed by atoms with Crippen LogP contribution in [-0.4, -0.2) is 21.0 Å². The molecule has 0 saturated heterocycles. The van der Waals surface area contributed by atoms with Gasteiger partial charge in [-0.25, -0.2) is 0 Å². The molecule has 0 unspecified atom stereocenters. The van der Waals surface area contributed by atoms with Crippen LogP contribution in [0.1, 0.15) is 0 Å².